The van der Waals surface area contributed by atoms with Gasteiger partial charge in [-0.1, -0.05) is 97.1 Å². The third kappa shape index (κ3) is 3.65. The predicted octanol–water partition coefficient (Wildman–Crippen LogP) is 12.2. The van der Waals surface area contributed by atoms with Gasteiger partial charge in [0.25, 0.3) is 0 Å². The van der Waals surface area contributed by atoms with Gasteiger partial charge in [0.1, 0.15) is 11.2 Å². The normalized spacial score (nSPS) is 12.0. The molecule has 0 aliphatic carbocycles. The molecule has 3 aromatic heterocycles. The second-order valence-corrected chi connectivity index (χ2v) is 12.8. The van der Waals surface area contributed by atoms with Crippen LogP contribution in [0.5, 0.6) is 0 Å². The first kappa shape index (κ1) is 25.7. The van der Waals surface area contributed by atoms with Crippen molar-refractivity contribution >= 4 is 81.5 Å². The molecule has 7 aromatic carbocycles. The maximum Gasteiger partial charge on any atom is 0.136 e. The van der Waals surface area contributed by atoms with E-state index in [1.165, 1.54) is 38.2 Å². The van der Waals surface area contributed by atoms with E-state index in [4.69, 9.17) is 4.42 Å². The molecule has 3 heterocycles. The third-order valence-electron chi connectivity index (χ3n) is 9.36. The van der Waals surface area contributed by atoms with Crippen molar-refractivity contribution in [3.8, 4) is 22.5 Å². The minimum Gasteiger partial charge on any atom is -0.456 e. The van der Waals surface area contributed by atoms with Gasteiger partial charge in [-0.25, -0.2) is 0 Å². The largest absolute Gasteiger partial charge is 0.456 e. The van der Waals surface area contributed by atoms with Crippen molar-refractivity contribution in [1.29, 1.82) is 0 Å². The smallest absolute Gasteiger partial charge is 0.136 e. The monoisotopic (exact) mass is 652 g/mol. The quantitative estimate of drug-likeness (QED) is 0.186. The molecule has 0 aliphatic rings. The van der Waals surface area contributed by atoms with E-state index in [0.29, 0.717) is 0 Å². The molecule has 3 nitrogen and oxygen atoms in total. The Labute approximate surface area is 272 Å². The van der Waals surface area contributed by atoms with Crippen LogP contribution < -0.4 is 0 Å². The Bertz CT molecular complexity index is 2820. The van der Waals surface area contributed by atoms with Crippen LogP contribution in [0.1, 0.15) is 0 Å². The van der Waals surface area contributed by atoms with E-state index in [0.717, 1.165) is 54.3 Å². The number of benzene rings is 7. The van der Waals surface area contributed by atoms with E-state index in [1.54, 1.807) is 0 Å². The number of rotatable bonds is 3. The minimum atomic E-state index is 0.907. The van der Waals surface area contributed by atoms with E-state index < -0.39 is 0 Å². The summed E-state index contributed by atoms with van der Waals surface area (Å²) >= 11 is 4.04. The summed E-state index contributed by atoms with van der Waals surface area (Å²) < 4.78 is 12.2. The Morgan fingerprint density at radius 2 is 1.02 bits per heavy atom. The number of fused-ring (bicyclic) bond motifs is 9. The molecule has 0 aliphatic heterocycles. The van der Waals surface area contributed by atoms with Crippen LogP contribution in [-0.4, -0.2) is 9.13 Å². The van der Waals surface area contributed by atoms with Crippen LogP contribution in [0.3, 0.4) is 0 Å². The van der Waals surface area contributed by atoms with Crippen LogP contribution in [0.25, 0.3) is 88.1 Å². The fourth-order valence-corrected chi connectivity index (χ4v) is 7.85. The molecule has 0 amide bonds. The molecule has 46 heavy (non-hydrogen) atoms. The Hall–Kier alpha value is -5.58. The summed E-state index contributed by atoms with van der Waals surface area (Å²) in [6.45, 7) is 0. The highest BCUT2D eigenvalue weighted by atomic mass is 79.9. The van der Waals surface area contributed by atoms with Crippen LogP contribution in [0.15, 0.2) is 161 Å². The molecule has 0 fully saturated rings. The van der Waals surface area contributed by atoms with Gasteiger partial charge in [0.2, 0.25) is 0 Å². The van der Waals surface area contributed by atoms with E-state index in [-0.39, 0.29) is 0 Å². The van der Waals surface area contributed by atoms with E-state index >= 15 is 0 Å². The SMILES string of the molecule is Brc1cc2c3ccccc3n(-c3cccc(-c4ccccc4)c3)c2cc1-n1c2ccccc2c2cc3oc4ccccc4c3cc21. The van der Waals surface area contributed by atoms with Crippen LogP contribution >= 0.6 is 15.9 Å². The van der Waals surface area contributed by atoms with Gasteiger partial charge in [0.15, 0.2) is 0 Å². The number of hydrogen-bond donors (Lipinski definition) is 0. The molecular weight excluding hydrogens is 628 g/mol. The van der Waals surface area contributed by atoms with Crippen molar-refractivity contribution in [1.82, 2.24) is 9.13 Å². The lowest BCUT2D eigenvalue weighted by atomic mass is 10.1. The number of hydrogen-bond acceptors (Lipinski definition) is 1. The molecule has 10 rings (SSSR count). The van der Waals surface area contributed by atoms with E-state index in [9.17, 15) is 0 Å². The maximum atomic E-state index is 6.32. The Morgan fingerprint density at radius 1 is 0.391 bits per heavy atom. The molecule has 0 unspecified atom stereocenters. The summed E-state index contributed by atoms with van der Waals surface area (Å²) in [5, 5.41) is 7.05. The first-order valence-electron chi connectivity index (χ1n) is 15.5. The molecule has 10 aromatic rings. The first-order chi connectivity index (χ1) is 22.7. The Balaban J connectivity index is 1.30. The average molecular weight is 654 g/mol. The third-order valence-corrected chi connectivity index (χ3v) is 10.00. The molecule has 0 N–H and O–H groups in total. The average Bonchev–Trinajstić information content (AvgIpc) is 3.74. The zero-order valence-electron chi connectivity index (χ0n) is 24.6. The van der Waals surface area contributed by atoms with Gasteiger partial charge >= 0.3 is 0 Å². The standard InChI is InChI=1S/C42H25BrN2O/c43-35-22-32-29-15-4-7-18-36(29)44(28-14-10-13-27(21-28)26-11-2-1-3-12-26)39(32)25-40(35)45-37-19-8-5-16-30(37)33-24-42-34(23-38(33)45)31-17-6-9-20-41(31)46-42/h1-25H. The lowest BCUT2D eigenvalue weighted by molar-refractivity contribution is 0.669. The summed E-state index contributed by atoms with van der Waals surface area (Å²) in [5.74, 6) is 0. The molecule has 216 valence electrons. The zero-order valence-corrected chi connectivity index (χ0v) is 26.2. The minimum absolute atomic E-state index is 0.907. The van der Waals surface area contributed by atoms with Crippen molar-refractivity contribution in [2.45, 2.75) is 0 Å². The van der Waals surface area contributed by atoms with Crippen LogP contribution in [0, 0.1) is 0 Å². The molecule has 0 atom stereocenters. The number of aromatic nitrogens is 2. The van der Waals surface area contributed by atoms with E-state index in [1.807, 2.05) is 12.1 Å². The van der Waals surface area contributed by atoms with Crippen molar-refractivity contribution in [3.63, 3.8) is 0 Å². The van der Waals surface area contributed by atoms with Crippen LogP contribution in [-0.2, 0) is 0 Å². The highest BCUT2D eigenvalue weighted by Crippen LogP contribution is 2.42. The molecule has 0 saturated carbocycles. The van der Waals surface area contributed by atoms with Crippen molar-refractivity contribution < 1.29 is 4.42 Å². The highest BCUT2D eigenvalue weighted by molar-refractivity contribution is 9.10. The lowest BCUT2D eigenvalue weighted by Crippen LogP contribution is -1.98. The Kier molecular flexibility index (Phi) is 5.43. The van der Waals surface area contributed by atoms with Gasteiger partial charge in [0, 0.05) is 42.5 Å². The topological polar surface area (TPSA) is 23.0 Å². The Morgan fingerprint density at radius 3 is 1.83 bits per heavy atom. The van der Waals surface area contributed by atoms with Gasteiger partial charge in [-0.3, -0.25) is 0 Å². The van der Waals surface area contributed by atoms with Gasteiger partial charge in [-0.05, 0) is 81.7 Å². The summed E-state index contributed by atoms with van der Waals surface area (Å²) in [7, 11) is 0. The van der Waals surface area contributed by atoms with Gasteiger partial charge in [0.05, 0.1) is 27.8 Å². The second-order valence-electron chi connectivity index (χ2n) is 11.9. The zero-order chi connectivity index (χ0) is 30.4. The number of halogens is 1. The number of furan rings is 1. The molecule has 0 radical (unpaired) electrons. The van der Waals surface area contributed by atoms with Crippen LogP contribution in [0.4, 0.5) is 0 Å². The van der Waals surface area contributed by atoms with Crippen molar-refractivity contribution in [2.75, 3.05) is 0 Å². The molecular formula is C42H25BrN2O. The maximum absolute atomic E-state index is 6.32. The van der Waals surface area contributed by atoms with Crippen molar-refractivity contribution in [2.24, 2.45) is 0 Å². The molecule has 0 bridgehead atoms. The van der Waals surface area contributed by atoms with Gasteiger partial charge < -0.3 is 13.6 Å². The van der Waals surface area contributed by atoms with Crippen molar-refractivity contribution in [3.05, 3.63) is 156 Å². The van der Waals surface area contributed by atoms with E-state index in [2.05, 4.69) is 165 Å². The van der Waals surface area contributed by atoms with Crippen LogP contribution in [0.2, 0.25) is 0 Å². The summed E-state index contributed by atoms with van der Waals surface area (Å²) in [5.41, 5.74) is 11.1. The fourth-order valence-electron chi connectivity index (χ4n) is 7.33. The highest BCUT2D eigenvalue weighted by Gasteiger charge is 2.20. The van der Waals surface area contributed by atoms with Gasteiger partial charge in [-0.2, -0.15) is 0 Å². The van der Waals surface area contributed by atoms with Gasteiger partial charge in [-0.15, -0.1) is 0 Å². The fraction of sp³-hybridized carbons (Fsp3) is 0. The molecule has 0 spiro atoms. The predicted molar refractivity (Wildman–Crippen MR) is 196 cm³/mol. The summed E-state index contributed by atoms with van der Waals surface area (Å²) in [6.07, 6.45) is 0. The first-order valence-corrected chi connectivity index (χ1v) is 16.3. The number of nitrogens with zero attached hydrogens (tertiary/aromatic N) is 2. The summed E-state index contributed by atoms with van der Waals surface area (Å²) in [6, 6.07) is 54.2. The summed E-state index contributed by atoms with van der Waals surface area (Å²) in [4.78, 5) is 0. The molecule has 4 heteroatoms. The molecule has 0 saturated heterocycles. The lowest BCUT2D eigenvalue weighted by Gasteiger charge is -2.14. The number of para-hydroxylation sites is 3. The second kappa shape index (κ2) is 9.71.